The molecule has 0 amide bonds. The molecule has 26 heavy (non-hydrogen) atoms. The quantitative estimate of drug-likeness (QED) is 0.586. The molecule has 1 N–H and O–H groups in total. The summed E-state index contributed by atoms with van der Waals surface area (Å²) in [6.45, 7) is 5.80. The van der Waals surface area contributed by atoms with Crippen molar-refractivity contribution in [3.8, 4) is 0 Å². The number of aliphatic imine (C=N–C) groups is 1. The minimum atomic E-state index is 0.0637. The van der Waals surface area contributed by atoms with Crippen LogP contribution in [-0.2, 0) is 11.8 Å². The summed E-state index contributed by atoms with van der Waals surface area (Å²) in [5, 5.41) is 7.85. The molecule has 0 bridgehead atoms. The fraction of sp³-hybridized carbons (Fsp3) is 0.789. The average Bonchev–Trinajstić information content (AvgIpc) is 3.57. The molecule has 7 heteroatoms. The Labute approximate surface area is 156 Å². The molecule has 2 heterocycles. The van der Waals surface area contributed by atoms with E-state index in [-0.39, 0.29) is 6.10 Å². The van der Waals surface area contributed by atoms with Gasteiger partial charge in [-0.05, 0) is 31.6 Å². The maximum absolute atomic E-state index is 5.95. The lowest BCUT2D eigenvalue weighted by atomic mass is 10.1. The summed E-state index contributed by atoms with van der Waals surface area (Å²) in [6.07, 6.45) is 9.64. The molecule has 0 aromatic carbocycles. The van der Waals surface area contributed by atoms with E-state index in [1.54, 1.807) is 0 Å². The van der Waals surface area contributed by atoms with Crippen LogP contribution in [0.1, 0.15) is 37.4 Å². The monoisotopic (exact) mass is 360 g/mol. The van der Waals surface area contributed by atoms with Crippen molar-refractivity contribution in [1.29, 1.82) is 0 Å². The summed E-state index contributed by atoms with van der Waals surface area (Å²) < 4.78 is 7.78. The Bertz CT molecular complexity index is 621. The van der Waals surface area contributed by atoms with Crippen molar-refractivity contribution < 1.29 is 4.74 Å². The van der Waals surface area contributed by atoms with Gasteiger partial charge in [0.2, 0.25) is 0 Å². The summed E-state index contributed by atoms with van der Waals surface area (Å²) in [7, 11) is 3.82. The third-order valence-corrected chi connectivity index (χ3v) is 5.61. The molecule has 1 saturated heterocycles. The fourth-order valence-electron chi connectivity index (χ4n) is 3.79. The highest BCUT2D eigenvalue weighted by atomic mass is 16.5. The molecule has 2 saturated carbocycles. The number of nitrogens with zero attached hydrogens (tertiary/aromatic N) is 5. The summed E-state index contributed by atoms with van der Waals surface area (Å²) in [4.78, 5) is 9.51. The zero-order valence-electron chi connectivity index (χ0n) is 16.1. The van der Waals surface area contributed by atoms with Gasteiger partial charge < -0.3 is 15.0 Å². The van der Waals surface area contributed by atoms with E-state index in [4.69, 9.17) is 4.74 Å². The minimum absolute atomic E-state index is 0.0637. The average molecular weight is 361 g/mol. The van der Waals surface area contributed by atoms with Crippen LogP contribution in [0.3, 0.4) is 0 Å². The lowest BCUT2D eigenvalue weighted by molar-refractivity contribution is -0.00805. The van der Waals surface area contributed by atoms with E-state index in [2.05, 4.69) is 25.2 Å². The van der Waals surface area contributed by atoms with Gasteiger partial charge in [0.15, 0.2) is 5.96 Å². The van der Waals surface area contributed by atoms with E-state index in [0.29, 0.717) is 0 Å². The number of aromatic nitrogens is 2. The number of hydrogen-bond acceptors (Lipinski definition) is 4. The van der Waals surface area contributed by atoms with Crippen LogP contribution in [0.2, 0.25) is 0 Å². The van der Waals surface area contributed by atoms with Crippen LogP contribution in [-0.4, -0.2) is 78.0 Å². The second kappa shape index (κ2) is 7.96. The summed E-state index contributed by atoms with van der Waals surface area (Å²) in [5.74, 6) is 1.96. The second-order valence-electron chi connectivity index (χ2n) is 7.90. The number of hydrogen-bond donors (Lipinski definition) is 1. The Balaban J connectivity index is 1.27. The van der Waals surface area contributed by atoms with Crippen LogP contribution in [0.15, 0.2) is 17.4 Å². The highest BCUT2D eigenvalue weighted by Crippen LogP contribution is 2.34. The van der Waals surface area contributed by atoms with E-state index in [1.807, 2.05) is 31.2 Å². The van der Waals surface area contributed by atoms with E-state index in [0.717, 1.165) is 56.3 Å². The molecule has 1 atom stereocenters. The molecule has 1 aliphatic heterocycles. The predicted molar refractivity (Wildman–Crippen MR) is 102 cm³/mol. The zero-order chi connectivity index (χ0) is 17.9. The fourth-order valence-corrected chi connectivity index (χ4v) is 3.79. The first-order chi connectivity index (χ1) is 12.7. The van der Waals surface area contributed by atoms with Crippen LogP contribution in [0.5, 0.6) is 0 Å². The van der Waals surface area contributed by atoms with Crippen molar-refractivity contribution in [2.75, 3.05) is 46.4 Å². The Kier molecular flexibility index (Phi) is 5.45. The number of aryl methyl sites for hydroxylation is 1. The topological polar surface area (TPSA) is 57.9 Å². The van der Waals surface area contributed by atoms with Crippen LogP contribution in [0, 0.1) is 5.92 Å². The first-order valence-corrected chi connectivity index (χ1v) is 10.0. The van der Waals surface area contributed by atoms with Crippen molar-refractivity contribution in [1.82, 2.24) is 24.9 Å². The predicted octanol–water partition coefficient (Wildman–Crippen LogP) is 1.24. The van der Waals surface area contributed by atoms with Gasteiger partial charge in [-0.1, -0.05) is 0 Å². The van der Waals surface area contributed by atoms with Crippen LogP contribution < -0.4 is 5.32 Å². The first-order valence-electron chi connectivity index (χ1n) is 10.0. The van der Waals surface area contributed by atoms with Gasteiger partial charge in [-0.25, -0.2) is 0 Å². The molecule has 0 radical (unpaired) electrons. The van der Waals surface area contributed by atoms with E-state index in [9.17, 15) is 0 Å². The largest absolute Gasteiger partial charge is 0.370 e. The molecule has 144 valence electrons. The number of morpholine rings is 1. The smallest absolute Gasteiger partial charge is 0.193 e. The Morgan fingerprint density at radius 1 is 1.38 bits per heavy atom. The molecular weight excluding hydrogens is 328 g/mol. The van der Waals surface area contributed by atoms with Crippen molar-refractivity contribution in [3.63, 3.8) is 0 Å². The molecule has 1 aromatic heterocycles. The molecule has 3 aliphatic rings. The van der Waals surface area contributed by atoms with Gasteiger partial charge in [0, 0.05) is 58.1 Å². The first kappa shape index (κ1) is 17.8. The van der Waals surface area contributed by atoms with Crippen LogP contribution >= 0.6 is 0 Å². The molecule has 2 aliphatic carbocycles. The molecule has 3 fully saturated rings. The van der Waals surface area contributed by atoms with Crippen molar-refractivity contribution in [3.05, 3.63) is 18.0 Å². The van der Waals surface area contributed by atoms with Gasteiger partial charge in [-0.3, -0.25) is 14.6 Å². The van der Waals surface area contributed by atoms with Gasteiger partial charge in [-0.2, -0.15) is 5.10 Å². The van der Waals surface area contributed by atoms with Crippen molar-refractivity contribution in [2.45, 2.75) is 37.8 Å². The summed E-state index contributed by atoms with van der Waals surface area (Å²) >= 11 is 0. The standard InChI is InChI=1S/C19H32N6O/c1-20-19(21-7-8-24(17-5-6-17)12-15-3-4-15)25-9-10-26-18(14-25)16-11-22-23(2)13-16/h11,13,15,17-18H,3-10,12,14H2,1-2H3,(H,20,21). The van der Waals surface area contributed by atoms with Gasteiger partial charge in [0.25, 0.3) is 0 Å². The van der Waals surface area contributed by atoms with E-state index < -0.39 is 0 Å². The SMILES string of the molecule is CN=C(NCCN(CC1CC1)C1CC1)N1CCOC(c2cnn(C)c2)C1. The molecule has 1 unspecified atom stereocenters. The number of ether oxygens (including phenoxy) is 1. The van der Waals surface area contributed by atoms with Crippen molar-refractivity contribution in [2.24, 2.45) is 18.0 Å². The summed E-state index contributed by atoms with van der Waals surface area (Å²) in [6, 6.07) is 0.845. The number of rotatable bonds is 7. The van der Waals surface area contributed by atoms with Crippen molar-refractivity contribution >= 4 is 5.96 Å². The van der Waals surface area contributed by atoms with E-state index >= 15 is 0 Å². The zero-order valence-corrected chi connectivity index (χ0v) is 16.1. The molecular formula is C19H32N6O. The van der Waals surface area contributed by atoms with Crippen LogP contribution in [0.25, 0.3) is 0 Å². The minimum Gasteiger partial charge on any atom is -0.370 e. The normalized spacial score (nSPS) is 24.3. The highest BCUT2D eigenvalue weighted by molar-refractivity contribution is 5.80. The maximum Gasteiger partial charge on any atom is 0.193 e. The Morgan fingerprint density at radius 3 is 2.88 bits per heavy atom. The van der Waals surface area contributed by atoms with Crippen LogP contribution in [0.4, 0.5) is 0 Å². The summed E-state index contributed by atoms with van der Waals surface area (Å²) in [5.41, 5.74) is 1.14. The van der Waals surface area contributed by atoms with Gasteiger partial charge in [0.1, 0.15) is 6.10 Å². The third kappa shape index (κ3) is 4.57. The van der Waals surface area contributed by atoms with Gasteiger partial charge in [0.05, 0.1) is 19.3 Å². The Hall–Kier alpha value is -1.60. The van der Waals surface area contributed by atoms with E-state index in [1.165, 1.54) is 32.2 Å². The van der Waals surface area contributed by atoms with Gasteiger partial charge in [-0.15, -0.1) is 0 Å². The Morgan fingerprint density at radius 2 is 2.23 bits per heavy atom. The molecule has 7 nitrogen and oxygen atoms in total. The van der Waals surface area contributed by atoms with Gasteiger partial charge >= 0.3 is 0 Å². The second-order valence-corrected chi connectivity index (χ2v) is 7.90. The highest BCUT2D eigenvalue weighted by Gasteiger charge is 2.33. The molecule has 1 aromatic rings. The molecule has 0 spiro atoms. The number of guanidine groups is 1. The maximum atomic E-state index is 5.95. The number of nitrogens with one attached hydrogen (secondary N) is 1. The lowest BCUT2D eigenvalue weighted by Crippen LogP contribution is -2.49. The lowest BCUT2D eigenvalue weighted by Gasteiger charge is -2.35. The third-order valence-electron chi connectivity index (χ3n) is 5.61. The molecule has 4 rings (SSSR count).